The first kappa shape index (κ1) is 18.0. The first-order chi connectivity index (χ1) is 13.2. The third-order valence-corrected chi connectivity index (χ3v) is 5.69. The second kappa shape index (κ2) is 8.11. The van der Waals surface area contributed by atoms with Crippen LogP contribution in [-0.4, -0.2) is 31.6 Å². The Hall–Kier alpha value is -2.37. The average molecular weight is 365 g/mol. The van der Waals surface area contributed by atoms with Crippen molar-refractivity contribution in [3.8, 4) is 11.5 Å². The van der Waals surface area contributed by atoms with Gasteiger partial charge in [-0.15, -0.1) is 0 Å². The minimum Gasteiger partial charge on any atom is -0.457 e. The zero-order valence-corrected chi connectivity index (χ0v) is 15.5. The highest BCUT2D eigenvalue weighted by Crippen LogP contribution is 2.37. The van der Waals surface area contributed by atoms with Crippen molar-refractivity contribution in [1.82, 2.24) is 16.0 Å². The van der Waals surface area contributed by atoms with Crippen molar-refractivity contribution >= 4 is 5.91 Å². The summed E-state index contributed by atoms with van der Waals surface area (Å²) >= 11 is 0. The molecule has 0 aliphatic carbocycles. The maximum absolute atomic E-state index is 12.6. The van der Waals surface area contributed by atoms with Gasteiger partial charge in [-0.25, -0.2) is 0 Å². The zero-order valence-electron chi connectivity index (χ0n) is 15.5. The maximum atomic E-state index is 12.6. The fourth-order valence-corrected chi connectivity index (χ4v) is 4.10. The van der Waals surface area contributed by atoms with Crippen LogP contribution in [0.5, 0.6) is 11.5 Å². The molecule has 1 atom stereocenters. The number of hydrogen-bond donors (Lipinski definition) is 3. The van der Waals surface area contributed by atoms with Crippen LogP contribution in [0, 0.1) is 5.41 Å². The van der Waals surface area contributed by atoms with Gasteiger partial charge in [0.2, 0.25) is 5.91 Å². The zero-order chi connectivity index (χ0) is 18.5. The predicted molar refractivity (Wildman–Crippen MR) is 106 cm³/mol. The molecule has 0 bridgehead atoms. The van der Waals surface area contributed by atoms with Crippen molar-refractivity contribution in [3.05, 3.63) is 60.2 Å². The second-order valence-electron chi connectivity index (χ2n) is 7.67. The molecule has 2 aliphatic heterocycles. The highest BCUT2D eigenvalue weighted by molar-refractivity contribution is 5.82. The number of nitrogens with one attached hydrogen (secondary N) is 3. The number of para-hydroxylation sites is 1. The van der Waals surface area contributed by atoms with Gasteiger partial charge in [-0.3, -0.25) is 4.79 Å². The van der Waals surface area contributed by atoms with E-state index in [2.05, 4.69) is 16.0 Å². The van der Waals surface area contributed by atoms with Gasteiger partial charge in [0.05, 0.1) is 6.04 Å². The summed E-state index contributed by atoms with van der Waals surface area (Å²) in [4.78, 5) is 12.6. The summed E-state index contributed by atoms with van der Waals surface area (Å²) in [5.41, 5.74) is 1.34. The minimum absolute atomic E-state index is 0.0770. The Labute approximate surface area is 160 Å². The molecule has 5 heteroatoms. The van der Waals surface area contributed by atoms with Gasteiger partial charge < -0.3 is 20.7 Å². The molecule has 0 radical (unpaired) electrons. The number of carbonyl (C=O) groups is 1. The van der Waals surface area contributed by atoms with E-state index in [-0.39, 0.29) is 11.9 Å². The number of piperidine rings is 1. The summed E-state index contributed by atoms with van der Waals surface area (Å²) < 4.78 is 5.87. The lowest BCUT2D eigenvalue weighted by molar-refractivity contribution is -0.123. The van der Waals surface area contributed by atoms with Crippen LogP contribution in [0.25, 0.3) is 0 Å². The first-order valence-corrected chi connectivity index (χ1v) is 9.76. The predicted octanol–water partition coefficient (Wildman–Crippen LogP) is 2.83. The van der Waals surface area contributed by atoms with E-state index in [1.807, 2.05) is 54.6 Å². The lowest BCUT2D eigenvalue weighted by atomic mass is 9.77. The number of ether oxygens (including phenoxy) is 1. The lowest BCUT2D eigenvalue weighted by Gasteiger charge is -2.33. The van der Waals surface area contributed by atoms with E-state index in [4.69, 9.17) is 4.74 Å². The Morgan fingerprint density at radius 2 is 1.85 bits per heavy atom. The largest absolute Gasteiger partial charge is 0.457 e. The number of rotatable bonds is 5. The molecule has 2 saturated heterocycles. The van der Waals surface area contributed by atoms with Crippen LogP contribution in [0.2, 0.25) is 0 Å². The molecule has 142 valence electrons. The number of benzene rings is 2. The molecule has 4 rings (SSSR count). The van der Waals surface area contributed by atoms with Gasteiger partial charge in [-0.2, -0.15) is 0 Å². The van der Waals surface area contributed by atoms with Crippen LogP contribution in [0.15, 0.2) is 54.6 Å². The highest BCUT2D eigenvalue weighted by atomic mass is 16.5. The van der Waals surface area contributed by atoms with Crippen LogP contribution in [0.4, 0.5) is 0 Å². The molecule has 5 nitrogen and oxygen atoms in total. The van der Waals surface area contributed by atoms with Crippen LogP contribution < -0.4 is 20.7 Å². The molecule has 2 aromatic rings. The van der Waals surface area contributed by atoms with Crippen LogP contribution in [0.1, 0.15) is 24.8 Å². The van der Waals surface area contributed by atoms with E-state index in [1.54, 1.807) is 0 Å². The molecule has 2 fully saturated rings. The summed E-state index contributed by atoms with van der Waals surface area (Å²) in [5, 5.41) is 9.92. The highest BCUT2D eigenvalue weighted by Gasteiger charge is 2.41. The molecule has 0 aromatic heterocycles. The van der Waals surface area contributed by atoms with E-state index in [0.717, 1.165) is 56.0 Å². The molecule has 0 saturated carbocycles. The topological polar surface area (TPSA) is 62.4 Å². The van der Waals surface area contributed by atoms with Crippen LogP contribution >= 0.6 is 0 Å². The molecule has 1 unspecified atom stereocenters. The van der Waals surface area contributed by atoms with Crippen molar-refractivity contribution in [2.75, 3.05) is 19.6 Å². The van der Waals surface area contributed by atoms with E-state index in [0.29, 0.717) is 12.0 Å². The van der Waals surface area contributed by atoms with Gasteiger partial charge in [0, 0.05) is 13.1 Å². The maximum Gasteiger partial charge on any atom is 0.237 e. The first-order valence-electron chi connectivity index (χ1n) is 9.76. The molecule has 2 aliphatic rings. The number of carbonyl (C=O) groups excluding carboxylic acids is 1. The molecule has 1 amide bonds. The quantitative estimate of drug-likeness (QED) is 0.762. The van der Waals surface area contributed by atoms with Gasteiger partial charge in [0.15, 0.2) is 0 Å². The van der Waals surface area contributed by atoms with Crippen molar-refractivity contribution < 1.29 is 9.53 Å². The van der Waals surface area contributed by atoms with Crippen LogP contribution in [0.3, 0.4) is 0 Å². The minimum atomic E-state index is -0.0770. The van der Waals surface area contributed by atoms with Gasteiger partial charge in [-0.05, 0) is 67.6 Å². The third kappa shape index (κ3) is 4.49. The van der Waals surface area contributed by atoms with Crippen molar-refractivity contribution in [2.45, 2.75) is 31.8 Å². The number of amides is 1. The molecular weight excluding hydrogens is 338 g/mol. The lowest BCUT2D eigenvalue weighted by Crippen LogP contribution is -2.40. The van der Waals surface area contributed by atoms with E-state index < -0.39 is 0 Å². The average Bonchev–Trinajstić information content (AvgIpc) is 3.11. The standard InChI is InChI=1S/C22H27N3O2/c26-21(20-14-22(16-25-20)9-11-23-12-10-22)24-15-17-5-4-8-19(13-17)27-18-6-2-1-3-7-18/h1-8,13,20,23,25H,9-12,14-16H2,(H,24,26). The summed E-state index contributed by atoms with van der Waals surface area (Å²) in [6.07, 6.45) is 3.25. The molecule has 2 aromatic carbocycles. The van der Waals surface area contributed by atoms with Gasteiger partial charge >= 0.3 is 0 Å². The van der Waals surface area contributed by atoms with Crippen molar-refractivity contribution in [1.29, 1.82) is 0 Å². The van der Waals surface area contributed by atoms with Gasteiger partial charge in [0.1, 0.15) is 11.5 Å². The summed E-state index contributed by atoms with van der Waals surface area (Å²) in [5.74, 6) is 1.68. The summed E-state index contributed by atoms with van der Waals surface area (Å²) in [6.45, 7) is 3.58. The van der Waals surface area contributed by atoms with E-state index in [9.17, 15) is 4.79 Å². The summed E-state index contributed by atoms with van der Waals surface area (Å²) in [7, 11) is 0. The molecule has 27 heavy (non-hydrogen) atoms. The Kier molecular flexibility index (Phi) is 5.41. The Morgan fingerprint density at radius 3 is 2.67 bits per heavy atom. The van der Waals surface area contributed by atoms with Crippen molar-refractivity contribution in [2.24, 2.45) is 5.41 Å². The number of hydrogen-bond acceptors (Lipinski definition) is 4. The van der Waals surface area contributed by atoms with Gasteiger partial charge in [-0.1, -0.05) is 30.3 Å². The fourth-order valence-electron chi connectivity index (χ4n) is 4.10. The Balaban J connectivity index is 1.31. The van der Waals surface area contributed by atoms with Crippen molar-refractivity contribution in [3.63, 3.8) is 0 Å². The Bertz CT molecular complexity index is 772. The normalized spacial score (nSPS) is 21.1. The molecule has 1 spiro atoms. The third-order valence-electron chi connectivity index (χ3n) is 5.69. The molecule has 3 N–H and O–H groups in total. The van der Waals surface area contributed by atoms with Gasteiger partial charge in [0.25, 0.3) is 0 Å². The van der Waals surface area contributed by atoms with Crippen LogP contribution in [-0.2, 0) is 11.3 Å². The summed E-state index contributed by atoms with van der Waals surface area (Å²) in [6, 6.07) is 17.5. The SMILES string of the molecule is O=C(NCc1cccc(Oc2ccccc2)c1)C1CC2(CCNCC2)CN1. The van der Waals surface area contributed by atoms with E-state index in [1.165, 1.54) is 0 Å². The monoisotopic (exact) mass is 365 g/mol. The fraction of sp³-hybridized carbons (Fsp3) is 0.409. The second-order valence-corrected chi connectivity index (χ2v) is 7.67. The smallest absolute Gasteiger partial charge is 0.237 e. The Morgan fingerprint density at radius 1 is 1.07 bits per heavy atom. The van der Waals surface area contributed by atoms with E-state index >= 15 is 0 Å². The molecule has 2 heterocycles. The molecular formula is C22H27N3O2.